The molecule has 2 atom stereocenters. The lowest BCUT2D eigenvalue weighted by atomic mass is 10.2. The molecule has 0 aromatic heterocycles. The largest absolute Gasteiger partial charge is 0.511 e. The van der Waals surface area contributed by atoms with Crippen LogP contribution in [0, 0.1) is 0 Å². The van der Waals surface area contributed by atoms with Crippen molar-refractivity contribution in [3.8, 4) is 0 Å². The molecular formula is C13H24Cl2O3. The van der Waals surface area contributed by atoms with E-state index >= 15 is 0 Å². The predicted octanol–water partition coefficient (Wildman–Crippen LogP) is 5.43. The molecule has 0 aliphatic heterocycles. The van der Waals surface area contributed by atoms with E-state index in [-0.39, 0.29) is 0 Å². The van der Waals surface area contributed by atoms with Crippen molar-refractivity contribution in [2.24, 2.45) is 0 Å². The van der Waals surface area contributed by atoms with Crippen LogP contribution in [0.15, 0.2) is 0 Å². The van der Waals surface area contributed by atoms with Gasteiger partial charge in [0.15, 0.2) is 11.1 Å². The highest BCUT2D eigenvalue weighted by molar-refractivity contribution is 6.20. The van der Waals surface area contributed by atoms with Crippen LogP contribution in [0.5, 0.6) is 0 Å². The summed E-state index contributed by atoms with van der Waals surface area (Å²) in [4.78, 5) is 11.3. The Bertz CT molecular complexity index is 192. The van der Waals surface area contributed by atoms with Crippen LogP contribution in [0.2, 0.25) is 0 Å². The quantitative estimate of drug-likeness (QED) is 0.306. The fourth-order valence-electron chi connectivity index (χ4n) is 1.46. The summed E-state index contributed by atoms with van der Waals surface area (Å²) >= 11 is 11.7. The van der Waals surface area contributed by atoms with Crippen molar-refractivity contribution in [3.05, 3.63) is 0 Å². The summed E-state index contributed by atoms with van der Waals surface area (Å²) in [5.41, 5.74) is -1.24. The Kier molecular flexibility index (Phi) is 11.8. The van der Waals surface area contributed by atoms with Crippen molar-refractivity contribution in [2.75, 3.05) is 0 Å². The SMILES string of the molecule is CCCCCC(Cl)OC(=O)OC(Cl)CCCCC. The maximum Gasteiger partial charge on any atom is 0.511 e. The van der Waals surface area contributed by atoms with Gasteiger partial charge in [0.05, 0.1) is 0 Å². The third-order valence-corrected chi connectivity index (χ3v) is 3.13. The maximum absolute atomic E-state index is 11.3. The first-order valence-electron chi connectivity index (χ1n) is 6.75. The third kappa shape index (κ3) is 11.0. The Balaban J connectivity index is 3.61. The number of halogens is 2. The lowest BCUT2D eigenvalue weighted by Gasteiger charge is -2.14. The number of rotatable bonds is 10. The molecule has 0 aromatic rings. The number of carbonyl (C=O) groups is 1. The standard InChI is InChI=1S/C13H24Cl2O3/c1-3-5-7-9-11(14)17-13(16)18-12(15)10-8-6-4-2/h11-12H,3-10H2,1-2H3. The molecule has 0 saturated heterocycles. The molecule has 0 bridgehead atoms. The van der Waals surface area contributed by atoms with Gasteiger partial charge in [0.2, 0.25) is 0 Å². The fraction of sp³-hybridized carbons (Fsp3) is 0.923. The van der Waals surface area contributed by atoms with Crippen molar-refractivity contribution in [3.63, 3.8) is 0 Å². The molecule has 0 heterocycles. The van der Waals surface area contributed by atoms with E-state index in [1.807, 2.05) is 0 Å². The summed E-state index contributed by atoms with van der Waals surface area (Å²) in [6.07, 6.45) is 6.78. The Morgan fingerprint density at radius 2 is 1.28 bits per heavy atom. The lowest BCUT2D eigenvalue weighted by Crippen LogP contribution is -2.18. The number of unbranched alkanes of at least 4 members (excludes halogenated alkanes) is 4. The van der Waals surface area contributed by atoms with E-state index in [0.29, 0.717) is 12.8 Å². The minimum atomic E-state index is -0.775. The molecule has 0 radical (unpaired) electrons. The summed E-state index contributed by atoms with van der Waals surface area (Å²) in [7, 11) is 0. The highest BCUT2D eigenvalue weighted by atomic mass is 35.5. The zero-order chi connectivity index (χ0) is 13.8. The van der Waals surface area contributed by atoms with E-state index in [4.69, 9.17) is 32.7 Å². The number of hydrogen-bond acceptors (Lipinski definition) is 3. The molecule has 0 aliphatic rings. The zero-order valence-electron chi connectivity index (χ0n) is 11.3. The normalized spacial score (nSPS) is 14.0. The first kappa shape index (κ1) is 17.8. The Morgan fingerprint density at radius 1 is 0.889 bits per heavy atom. The molecule has 0 N–H and O–H groups in total. The first-order chi connectivity index (χ1) is 8.60. The van der Waals surface area contributed by atoms with Gasteiger partial charge in [-0.1, -0.05) is 62.7 Å². The second kappa shape index (κ2) is 11.9. The van der Waals surface area contributed by atoms with Gasteiger partial charge in [0, 0.05) is 0 Å². The fourth-order valence-corrected chi connectivity index (χ4v) is 1.92. The summed E-state index contributed by atoms with van der Waals surface area (Å²) in [6, 6.07) is 0. The summed E-state index contributed by atoms with van der Waals surface area (Å²) in [5, 5.41) is 0. The summed E-state index contributed by atoms with van der Waals surface area (Å²) in [6.45, 7) is 4.21. The van der Waals surface area contributed by atoms with Crippen LogP contribution < -0.4 is 0 Å². The van der Waals surface area contributed by atoms with E-state index in [0.717, 1.165) is 38.5 Å². The number of hydrogen-bond donors (Lipinski definition) is 0. The molecule has 0 saturated carbocycles. The smallest absolute Gasteiger partial charge is 0.415 e. The molecule has 0 spiro atoms. The molecule has 5 heteroatoms. The van der Waals surface area contributed by atoms with Crippen molar-refractivity contribution in [1.82, 2.24) is 0 Å². The zero-order valence-corrected chi connectivity index (χ0v) is 12.8. The van der Waals surface area contributed by atoms with Crippen molar-refractivity contribution in [1.29, 1.82) is 0 Å². The van der Waals surface area contributed by atoms with Gasteiger partial charge < -0.3 is 9.47 Å². The van der Waals surface area contributed by atoms with Gasteiger partial charge in [0.25, 0.3) is 0 Å². The third-order valence-electron chi connectivity index (χ3n) is 2.52. The molecule has 0 rings (SSSR count). The summed E-state index contributed by atoms with van der Waals surface area (Å²) < 4.78 is 9.79. The monoisotopic (exact) mass is 298 g/mol. The molecule has 2 unspecified atom stereocenters. The first-order valence-corrected chi connectivity index (χ1v) is 7.62. The Morgan fingerprint density at radius 3 is 1.61 bits per heavy atom. The van der Waals surface area contributed by atoms with E-state index < -0.39 is 17.3 Å². The van der Waals surface area contributed by atoms with Crippen LogP contribution in [0.4, 0.5) is 4.79 Å². The van der Waals surface area contributed by atoms with Gasteiger partial charge in [0.1, 0.15) is 0 Å². The lowest BCUT2D eigenvalue weighted by molar-refractivity contribution is 0.0325. The van der Waals surface area contributed by atoms with Crippen LogP contribution in [0.1, 0.15) is 65.2 Å². The Hall–Kier alpha value is -0.150. The highest BCUT2D eigenvalue weighted by Crippen LogP contribution is 2.15. The van der Waals surface area contributed by atoms with Gasteiger partial charge >= 0.3 is 6.16 Å². The molecule has 0 amide bonds. The van der Waals surface area contributed by atoms with E-state index in [1.165, 1.54) is 0 Å². The average molecular weight is 299 g/mol. The van der Waals surface area contributed by atoms with Crippen molar-refractivity contribution in [2.45, 2.75) is 76.3 Å². The Labute approximate surface area is 120 Å². The van der Waals surface area contributed by atoms with Crippen LogP contribution in [-0.2, 0) is 9.47 Å². The van der Waals surface area contributed by atoms with Crippen LogP contribution in [-0.4, -0.2) is 17.3 Å². The number of carbonyl (C=O) groups excluding carboxylic acids is 1. The highest BCUT2D eigenvalue weighted by Gasteiger charge is 2.16. The van der Waals surface area contributed by atoms with Gasteiger partial charge in [-0.25, -0.2) is 4.79 Å². The molecule has 0 fully saturated rings. The van der Waals surface area contributed by atoms with E-state index in [1.54, 1.807) is 0 Å². The van der Waals surface area contributed by atoms with Gasteiger partial charge in [-0.15, -0.1) is 0 Å². The predicted molar refractivity (Wildman–Crippen MR) is 75.1 cm³/mol. The molecular weight excluding hydrogens is 275 g/mol. The van der Waals surface area contributed by atoms with Gasteiger partial charge in [-0.2, -0.15) is 0 Å². The second-order valence-corrected chi connectivity index (χ2v) is 5.27. The number of ether oxygens (including phenoxy) is 2. The molecule has 18 heavy (non-hydrogen) atoms. The summed E-state index contributed by atoms with van der Waals surface area (Å²) in [5.74, 6) is 0. The van der Waals surface area contributed by atoms with E-state index in [2.05, 4.69) is 13.8 Å². The molecule has 0 aromatic carbocycles. The van der Waals surface area contributed by atoms with E-state index in [9.17, 15) is 4.79 Å². The van der Waals surface area contributed by atoms with Gasteiger partial charge in [-0.3, -0.25) is 0 Å². The van der Waals surface area contributed by atoms with Crippen molar-refractivity contribution < 1.29 is 14.3 Å². The molecule has 3 nitrogen and oxygen atoms in total. The number of alkyl halides is 2. The maximum atomic E-state index is 11.3. The van der Waals surface area contributed by atoms with Crippen LogP contribution >= 0.6 is 23.2 Å². The average Bonchev–Trinajstić information content (AvgIpc) is 2.29. The van der Waals surface area contributed by atoms with Crippen LogP contribution in [0.25, 0.3) is 0 Å². The van der Waals surface area contributed by atoms with Crippen molar-refractivity contribution >= 4 is 29.4 Å². The molecule has 108 valence electrons. The topological polar surface area (TPSA) is 35.5 Å². The second-order valence-electron chi connectivity index (χ2n) is 4.30. The van der Waals surface area contributed by atoms with Crippen LogP contribution in [0.3, 0.4) is 0 Å². The minimum Gasteiger partial charge on any atom is -0.415 e. The minimum absolute atomic E-state index is 0.622. The van der Waals surface area contributed by atoms with Gasteiger partial charge in [-0.05, 0) is 25.7 Å². The molecule has 0 aliphatic carbocycles.